The molecule has 2 aromatic rings. The number of amides is 2. The average molecular weight is 304 g/mol. The van der Waals surface area contributed by atoms with Gasteiger partial charge in [0.05, 0.1) is 13.3 Å². The zero-order chi connectivity index (χ0) is 15.8. The van der Waals surface area contributed by atoms with Crippen LogP contribution in [0.4, 0.5) is 10.6 Å². The third kappa shape index (κ3) is 4.85. The lowest BCUT2D eigenvalue weighted by Crippen LogP contribution is -2.29. The quantitative estimate of drug-likeness (QED) is 0.789. The minimum atomic E-state index is -0.645. The van der Waals surface area contributed by atoms with E-state index < -0.39 is 6.09 Å². The molecular formula is C13H16N6O3. The molecule has 0 fully saturated rings. The summed E-state index contributed by atoms with van der Waals surface area (Å²) >= 11 is 0. The molecule has 0 aliphatic heterocycles. The molecule has 2 rings (SSSR count). The van der Waals surface area contributed by atoms with Crippen LogP contribution >= 0.6 is 0 Å². The smallest absolute Gasteiger partial charge is 0.412 e. The van der Waals surface area contributed by atoms with Gasteiger partial charge in [-0.2, -0.15) is 0 Å². The fourth-order valence-corrected chi connectivity index (χ4v) is 1.69. The zero-order valence-corrected chi connectivity index (χ0v) is 12.0. The molecule has 0 saturated heterocycles. The first kappa shape index (κ1) is 15.4. The van der Waals surface area contributed by atoms with E-state index in [0.717, 1.165) is 12.0 Å². The van der Waals surface area contributed by atoms with E-state index in [1.165, 1.54) is 18.0 Å². The maximum Gasteiger partial charge on any atom is 0.412 e. The molecule has 0 unspecified atom stereocenters. The molecule has 22 heavy (non-hydrogen) atoms. The molecule has 0 aromatic carbocycles. The highest BCUT2D eigenvalue weighted by Crippen LogP contribution is 2.00. The summed E-state index contributed by atoms with van der Waals surface area (Å²) in [5, 5.41) is 12.6. The van der Waals surface area contributed by atoms with Gasteiger partial charge in [0.15, 0.2) is 5.82 Å². The van der Waals surface area contributed by atoms with Gasteiger partial charge in [0.2, 0.25) is 5.91 Å². The number of nitrogens with one attached hydrogen (secondary N) is 2. The fourth-order valence-electron chi connectivity index (χ4n) is 1.69. The Labute approximate surface area is 126 Å². The van der Waals surface area contributed by atoms with E-state index in [-0.39, 0.29) is 18.3 Å². The maximum atomic E-state index is 11.8. The van der Waals surface area contributed by atoms with Gasteiger partial charge in [-0.05, 0) is 24.1 Å². The number of anilines is 1. The van der Waals surface area contributed by atoms with Crippen LogP contribution in [-0.2, 0) is 22.5 Å². The van der Waals surface area contributed by atoms with Gasteiger partial charge in [-0.3, -0.25) is 15.1 Å². The van der Waals surface area contributed by atoms with E-state index >= 15 is 0 Å². The van der Waals surface area contributed by atoms with E-state index in [4.69, 9.17) is 0 Å². The molecule has 116 valence electrons. The normalized spacial score (nSPS) is 10.0. The van der Waals surface area contributed by atoms with Crippen molar-refractivity contribution in [3.8, 4) is 0 Å². The molecular weight excluding hydrogens is 288 g/mol. The molecule has 9 heteroatoms. The number of hydrogen-bond acceptors (Lipinski definition) is 6. The molecule has 0 bridgehead atoms. The van der Waals surface area contributed by atoms with Crippen molar-refractivity contribution in [1.82, 2.24) is 25.3 Å². The van der Waals surface area contributed by atoms with Crippen molar-refractivity contribution in [3.05, 3.63) is 36.3 Å². The molecule has 2 amide bonds. The highest BCUT2D eigenvalue weighted by atomic mass is 16.5. The molecule has 2 heterocycles. The minimum absolute atomic E-state index is 0.0200. The van der Waals surface area contributed by atoms with E-state index in [1.54, 1.807) is 12.4 Å². The summed E-state index contributed by atoms with van der Waals surface area (Å²) in [7, 11) is 1.25. The lowest BCUT2D eigenvalue weighted by atomic mass is 10.2. The topological polar surface area (TPSA) is 111 Å². The van der Waals surface area contributed by atoms with Crippen molar-refractivity contribution < 1.29 is 14.3 Å². The van der Waals surface area contributed by atoms with Gasteiger partial charge < -0.3 is 10.1 Å². The summed E-state index contributed by atoms with van der Waals surface area (Å²) in [6, 6.07) is 3.79. The number of rotatable bonds is 6. The van der Waals surface area contributed by atoms with E-state index in [2.05, 4.69) is 30.7 Å². The summed E-state index contributed by atoms with van der Waals surface area (Å²) < 4.78 is 5.76. The lowest BCUT2D eigenvalue weighted by Gasteiger charge is -2.04. The summed E-state index contributed by atoms with van der Waals surface area (Å²) in [4.78, 5) is 26.7. The molecule has 0 atom stereocenters. The Morgan fingerprint density at radius 1 is 1.32 bits per heavy atom. The summed E-state index contributed by atoms with van der Waals surface area (Å²) in [6.45, 7) is 0.539. The molecule has 9 nitrogen and oxygen atoms in total. The van der Waals surface area contributed by atoms with Crippen molar-refractivity contribution in [2.24, 2.45) is 0 Å². The molecule has 0 radical (unpaired) electrons. The fraction of sp³-hybridized carbons (Fsp3) is 0.308. The Kier molecular flexibility index (Phi) is 5.41. The molecule has 0 aliphatic carbocycles. The third-order valence-electron chi connectivity index (χ3n) is 2.74. The Hall–Kier alpha value is -2.97. The number of nitrogens with zero attached hydrogens (tertiary/aromatic N) is 4. The highest BCUT2D eigenvalue weighted by molar-refractivity contribution is 5.82. The van der Waals surface area contributed by atoms with Crippen molar-refractivity contribution in [2.75, 3.05) is 19.0 Å². The first-order valence-electron chi connectivity index (χ1n) is 6.58. The Balaban J connectivity index is 1.74. The largest absolute Gasteiger partial charge is 0.453 e. The molecule has 0 aliphatic rings. The Bertz CT molecular complexity index is 628. The molecule has 0 saturated carbocycles. The van der Waals surface area contributed by atoms with Crippen LogP contribution in [-0.4, -0.2) is 45.6 Å². The van der Waals surface area contributed by atoms with Crippen LogP contribution in [0.2, 0.25) is 0 Å². The van der Waals surface area contributed by atoms with Crippen LogP contribution in [0.5, 0.6) is 0 Å². The van der Waals surface area contributed by atoms with E-state index in [1.807, 2.05) is 12.1 Å². The van der Waals surface area contributed by atoms with Crippen molar-refractivity contribution in [1.29, 1.82) is 0 Å². The van der Waals surface area contributed by atoms with Crippen LogP contribution in [0, 0.1) is 0 Å². The SMILES string of the molecule is COC(=O)Nc1cn(CC(=O)NCCc2ccncc2)nn1. The highest BCUT2D eigenvalue weighted by Gasteiger charge is 2.08. The number of aromatic nitrogens is 4. The van der Waals surface area contributed by atoms with Gasteiger partial charge in [-0.1, -0.05) is 5.21 Å². The van der Waals surface area contributed by atoms with Gasteiger partial charge in [-0.15, -0.1) is 5.10 Å². The molecule has 0 spiro atoms. The Morgan fingerprint density at radius 3 is 2.82 bits per heavy atom. The second kappa shape index (κ2) is 7.72. The second-order valence-corrected chi connectivity index (χ2v) is 4.37. The lowest BCUT2D eigenvalue weighted by molar-refractivity contribution is -0.121. The van der Waals surface area contributed by atoms with E-state index in [0.29, 0.717) is 6.54 Å². The minimum Gasteiger partial charge on any atom is -0.453 e. The van der Waals surface area contributed by atoms with Crippen LogP contribution in [0.15, 0.2) is 30.7 Å². The van der Waals surface area contributed by atoms with Crippen LogP contribution in [0.25, 0.3) is 0 Å². The standard InChI is InChI=1S/C13H16N6O3/c1-22-13(21)16-11-8-19(18-17-11)9-12(20)15-7-4-10-2-5-14-6-3-10/h2-3,5-6,8H,4,7,9H2,1H3,(H,15,20)(H,16,21). The molecule has 2 aromatic heterocycles. The van der Waals surface area contributed by atoms with Gasteiger partial charge in [-0.25, -0.2) is 9.48 Å². The first-order chi connectivity index (χ1) is 10.7. The summed E-state index contributed by atoms with van der Waals surface area (Å²) in [5.74, 6) is 0.0278. The zero-order valence-electron chi connectivity index (χ0n) is 12.0. The van der Waals surface area contributed by atoms with Crippen LogP contribution in [0.1, 0.15) is 5.56 Å². The number of pyridine rings is 1. The van der Waals surface area contributed by atoms with Crippen LogP contribution < -0.4 is 10.6 Å². The summed E-state index contributed by atoms with van der Waals surface area (Å²) in [6.07, 6.45) is 4.94. The summed E-state index contributed by atoms with van der Waals surface area (Å²) in [5.41, 5.74) is 1.10. The molecule has 2 N–H and O–H groups in total. The number of carbonyl (C=O) groups is 2. The maximum absolute atomic E-state index is 11.8. The van der Waals surface area contributed by atoms with Crippen LogP contribution in [0.3, 0.4) is 0 Å². The number of ether oxygens (including phenoxy) is 1. The van der Waals surface area contributed by atoms with Gasteiger partial charge in [0.25, 0.3) is 0 Å². The average Bonchev–Trinajstić information content (AvgIpc) is 2.95. The number of carbonyl (C=O) groups excluding carboxylic acids is 2. The van der Waals surface area contributed by atoms with Crippen molar-refractivity contribution >= 4 is 17.8 Å². The third-order valence-corrected chi connectivity index (χ3v) is 2.74. The van der Waals surface area contributed by atoms with E-state index in [9.17, 15) is 9.59 Å². The number of hydrogen-bond donors (Lipinski definition) is 2. The predicted octanol–water partition coefficient (Wildman–Crippen LogP) is 0.210. The first-order valence-corrected chi connectivity index (χ1v) is 6.58. The monoisotopic (exact) mass is 304 g/mol. The second-order valence-electron chi connectivity index (χ2n) is 4.37. The Morgan fingerprint density at radius 2 is 2.09 bits per heavy atom. The van der Waals surface area contributed by atoms with Crippen molar-refractivity contribution in [2.45, 2.75) is 13.0 Å². The van der Waals surface area contributed by atoms with Crippen molar-refractivity contribution in [3.63, 3.8) is 0 Å². The number of methoxy groups -OCH3 is 1. The predicted molar refractivity (Wildman–Crippen MR) is 77.0 cm³/mol. The van der Waals surface area contributed by atoms with Gasteiger partial charge >= 0.3 is 6.09 Å². The van der Waals surface area contributed by atoms with Gasteiger partial charge in [0, 0.05) is 18.9 Å². The van der Waals surface area contributed by atoms with Gasteiger partial charge in [0.1, 0.15) is 6.54 Å².